The van der Waals surface area contributed by atoms with Gasteiger partial charge in [-0.2, -0.15) is 0 Å². The summed E-state index contributed by atoms with van der Waals surface area (Å²) in [6.07, 6.45) is 9.16. The molecule has 2 aliphatic rings. The lowest BCUT2D eigenvalue weighted by Crippen LogP contribution is -2.45. The van der Waals surface area contributed by atoms with Crippen LogP contribution in [-0.2, 0) is 0 Å². The van der Waals surface area contributed by atoms with Gasteiger partial charge in [-0.15, -0.1) is 0 Å². The van der Waals surface area contributed by atoms with Gasteiger partial charge in [-0.3, -0.25) is 4.98 Å². The minimum absolute atomic E-state index is 0.207. The average molecular weight is 573 g/mol. The summed E-state index contributed by atoms with van der Waals surface area (Å²) in [6, 6.07) is 9.46. The zero-order valence-corrected chi connectivity index (χ0v) is 24.1. The van der Waals surface area contributed by atoms with Gasteiger partial charge in [0.1, 0.15) is 11.5 Å². The minimum Gasteiger partial charge on any atom is -0.369 e. The summed E-state index contributed by atoms with van der Waals surface area (Å²) in [5.41, 5.74) is 5.61. The van der Waals surface area contributed by atoms with Crippen LogP contribution in [0.4, 0.5) is 5.82 Å². The lowest BCUT2D eigenvalue weighted by molar-refractivity contribution is 0.166. The Labute approximate surface area is 243 Å². The molecule has 9 heteroatoms. The largest absolute Gasteiger partial charge is 0.369 e. The molecule has 204 valence electrons. The second-order valence-corrected chi connectivity index (χ2v) is 12.6. The van der Waals surface area contributed by atoms with Gasteiger partial charge in [0.2, 0.25) is 0 Å². The third-order valence-corrected chi connectivity index (χ3v) is 9.08. The number of H-pyrrole nitrogens is 1. The van der Waals surface area contributed by atoms with Gasteiger partial charge in [-0.1, -0.05) is 37.0 Å². The van der Waals surface area contributed by atoms with E-state index in [1.165, 1.54) is 18.4 Å². The molecule has 40 heavy (non-hydrogen) atoms. The van der Waals surface area contributed by atoms with Crippen molar-refractivity contribution >= 4 is 51.0 Å². The smallest absolute Gasteiger partial charge is 0.163 e. The van der Waals surface area contributed by atoms with Crippen LogP contribution in [-0.4, -0.2) is 44.6 Å². The van der Waals surface area contributed by atoms with E-state index >= 15 is 0 Å². The third-order valence-electron chi connectivity index (χ3n) is 8.52. The average Bonchev–Trinajstić information content (AvgIpc) is 3.70. The second-order valence-electron chi connectivity index (χ2n) is 11.8. The summed E-state index contributed by atoms with van der Waals surface area (Å²) < 4.78 is 0. The fourth-order valence-electron chi connectivity index (χ4n) is 5.95. The molecule has 7 nitrogen and oxygen atoms in total. The molecule has 2 fully saturated rings. The number of hydrogen-bond donors (Lipinski definition) is 3. The molecule has 0 bridgehead atoms. The Bertz CT molecular complexity index is 1740. The number of nitrogens with zero attached hydrogens (tertiary/aromatic N) is 4. The van der Waals surface area contributed by atoms with Crippen molar-refractivity contribution < 1.29 is 0 Å². The normalized spacial score (nSPS) is 18.9. The number of halogens is 2. The first-order valence-electron chi connectivity index (χ1n) is 13.9. The van der Waals surface area contributed by atoms with Gasteiger partial charge in [0.15, 0.2) is 5.82 Å². The number of rotatable bonds is 6. The van der Waals surface area contributed by atoms with Crippen molar-refractivity contribution in [1.29, 1.82) is 0 Å². The molecule has 1 unspecified atom stereocenters. The zero-order chi connectivity index (χ0) is 27.4. The Morgan fingerprint density at radius 2 is 1.90 bits per heavy atom. The highest BCUT2D eigenvalue weighted by Crippen LogP contribution is 2.45. The highest BCUT2D eigenvalue weighted by Gasteiger charge is 2.33. The highest BCUT2D eigenvalue weighted by molar-refractivity contribution is 6.35. The van der Waals surface area contributed by atoms with Crippen LogP contribution in [0.2, 0.25) is 10.0 Å². The van der Waals surface area contributed by atoms with Gasteiger partial charge in [-0.05, 0) is 79.0 Å². The number of benzene rings is 1. The van der Waals surface area contributed by atoms with E-state index in [-0.39, 0.29) is 5.41 Å². The van der Waals surface area contributed by atoms with Crippen LogP contribution in [0.3, 0.4) is 0 Å². The Hall–Kier alpha value is -3.26. The van der Waals surface area contributed by atoms with Crippen molar-refractivity contribution in [2.24, 2.45) is 11.3 Å². The molecule has 1 saturated heterocycles. The van der Waals surface area contributed by atoms with Crippen molar-refractivity contribution in [3.63, 3.8) is 0 Å². The molecule has 4 aromatic heterocycles. The van der Waals surface area contributed by atoms with Crippen molar-refractivity contribution in [2.45, 2.75) is 39.0 Å². The second kappa shape index (κ2) is 9.98. The van der Waals surface area contributed by atoms with Crippen LogP contribution in [0.5, 0.6) is 0 Å². The molecular weight excluding hydrogens is 541 g/mol. The number of piperidine rings is 1. The van der Waals surface area contributed by atoms with Crippen LogP contribution in [0.1, 0.15) is 44.6 Å². The molecule has 1 aliphatic heterocycles. The van der Waals surface area contributed by atoms with Gasteiger partial charge in [0.05, 0.1) is 11.7 Å². The van der Waals surface area contributed by atoms with Gasteiger partial charge in [-0.25, -0.2) is 15.0 Å². The number of aromatic nitrogens is 5. The number of anilines is 1. The van der Waals surface area contributed by atoms with E-state index in [4.69, 9.17) is 33.2 Å². The quantitative estimate of drug-likeness (QED) is 0.196. The summed E-state index contributed by atoms with van der Waals surface area (Å²) in [5, 5.41) is 10.6. The fourth-order valence-corrected chi connectivity index (χ4v) is 6.34. The first kappa shape index (κ1) is 25.7. The van der Waals surface area contributed by atoms with Gasteiger partial charge in [0, 0.05) is 63.1 Å². The standard InChI is InChI=1S/C31H31Cl2N7/c1-31(2)16-34-9-7-18(31)13-37-30-27-23(17-3-4-17)14-35-15-26(27)39-29(40-30)20-8-10-36-28-21(20)12-25(38-28)22-11-19(32)5-6-24(22)33/h5-6,8,10-12,14-15,17-18,34H,3-4,7,9,13,16H2,1-2H3,(H,36,38)(H,37,39,40). The van der Waals surface area contributed by atoms with Crippen molar-refractivity contribution in [3.05, 3.63) is 64.5 Å². The molecule has 1 aliphatic carbocycles. The first-order chi connectivity index (χ1) is 19.4. The highest BCUT2D eigenvalue weighted by atomic mass is 35.5. The van der Waals surface area contributed by atoms with E-state index in [0.29, 0.717) is 27.7 Å². The summed E-state index contributed by atoms with van der Waals surface area (Å²) in [5.74, 6) is 2.60. The van der Waals surface area contributed by atoms with Gasteiger partial charge >= 0.3 is 0 Å². The molecule has 1 aromatic carbocycles. The van der Waals surface area contributed by atoms with Crippen LogP contribution in [0, 0.1) is 11.3 Å². The molecule has 1 atom stereocenters. The van der Waals surface area contributed by atoms with Crippen molar-refractivity contribution in [1.82, 2.24) is 30.2 Å². The third kappa shape index (κ3) is 4.70. The lowest BCUT2D eigenvalue weighted by atomic mass is 9.74. The Morgan fingerprint density at radius 1 is 1.02 bits per heavy atom. The van der Waals surface area contributed by atoms with Crippen molar-refractivity contribution in [3.8, 4) is 22.6 Å². The van der Waals surface area contributed by atoms with Crippen LogP contribution >= 0.6 is 23.2 Å². The number of nitrogens with one attached hydrogen (secondary N) is 3. The first-order valence-corrected chi connectivity index (χ1v) is 14.7. The minimum atomic E-state index is 0.207. The summed E-state index contributed by atoms with van der Waals surface area (Å²) >= 11 is 12.8. The predicted octanol–water partition coefficient (Wildman–Crippen LogP) is 7.47. The van der Waals surface area contributed by atoms with Crippen LogP contribution in [0.25, 0.3) is 44.6 Å². The number of aromatic amines is 1. The van der Waals surface area contributed by atoms with E-state index in [1.54, 1.807) is 18.3 Å². The summed E-state index contributed by atoms with van der Waals surface area (Å²) in [4.78, 5) is 22.8. The molecule has 7 rings (SSSR count). The SMILES string of the molecule is CC1(C)CNCCC1CNc1nc(-c2ccnc3[nH]c(-c4cc(Cl)ccc4Cl)cc23)nc2cncc(C3CC3)c12. The molecule has 1 saturated carbocycles. The maximum atomic E-state index is 6.52. The Balaban J connectivity index is 1.34. The number of hydrogen-bond acceptors (Lipinski definition) is 6. The Kier molecular flexibility index (Phi) is 6.41. The summed E-state index contributed by atoms with van der Waals surface area (Å²) in [6.45, 7) is 7.62. The molecular formula is C31H31Cl2N7. The van der Waals surface area contributed by atoms with Gasteiger partial charge < -0.3 is 15.6 Å². The van der Waals surface area contributed by atoms with Crippen molar-refractivity contribution in [2.75, 3.05) is 25.0 Å². The van der Waals surface area contributed by atoms with Gasteiger partial charge in [0.25, 0.3) is 0 Å². The number of pyridine rings is 2. The number of fused-ring (bicyclic) bond motifs is 2. The predicted molar refractivity (Wildman–Crippen MR) is 163 cm³/mol. The molecule has 3 N–H and O–H groups in total. The molecule has 0 radical (unpaired) electrons. The zero-order valence-electron chi connectivity index (χ0n) is 22.6. The Morgan fingerprint density at radius 3 is 2.73 bits per heavy atom. The topological polar surface area (TPSA) is 91.4 Å². The maximum Gasteiger partial charge on any atom is 0.163 e. The van der Waals surface area contributed by atoms with E-state index in [2.05, 4.69) is 39.4 Å². The van der Waals surface area contributed by atoms with Crippen LogP contribution in [0.15, 0.2) is 48.9 Å². The molecule has 5 heterocycles. The van der Waals surface area contributed by atoms with E-state index in [0.717, 1.165) is 70.6 Å². The lowest BCUT2D eigenvalue weighted by Gasteiger charge is -2.39. The van der Waals surface area contributed by atoms with E-state index in [9.17, 15) is 0 Å². The molecule has 5 aromatic rings. The maximum absolute atomic E-state index is 6.52. The molecule has 0 spiro atoms. The molecule has 0 amide bonds. The fraction of sp³-hybridized carbons (Fsp3) is 0.355. The van der Waals surface area contributed by atoms with Crippen LogP contribution < -0.4 is 10.6 Å². The van der Waals surface area contributed by atoms with E-state index < -0.39 is 0 Å². The monoisotopic (exact) mass is 571 g/mol. The summed E-state index contributed by atoms with van der Waals surface area (Å²) in [7, 11) is 0. The van der Waals surface area contributed by atoms with E-state index in [1.807, 2.05) is 30.6 Å².